The third kappa shape index (κ3) is 6.05. The molecule has 0 saturated heterocycles. The molecule has 0 aliphatic rings. The third-order valence-corrected chi connectivity index (χ3v) is 4.08. The Morgan fingerprint density at radius 2 is 1.73 bits per heavy atom. The molecule has 0 spiro atoms. The van der Waals surface area contributed by atoms with Crippen molar-refractivity contribution in [3.63, 3.8) is 0 Å². The second-order valence-corrected chi connectivity index (χ2v) is 6.78. The predicted octanol–water partition coefficient (Wildman–Crippen LogP) is -1.90. The summed E-state index contributed by atoms with van der Waals surface area (Å²) in [5.74, 6) is 0. The van der Waals surface area contributed by atoms with E-state index in [9.17, 15) is 23.1 Å². The highest BCUT2D eigenvalue weighted by molar-refractivity contribution is 7.85. The fraction of sp³-hybridized carbons (Fsp3) is 0.0769. The van der Waals surface area contributed by atoms with Crippen LogP contribution in [0.3, 0.4) is 0 Å². The first-order valence-corrected chi connectivity index (χ1v) is 8.47. The first-order chi connectivity index (χ1) is 10.2. The van der Waals surface area contributed by atoms with Crippen LogP contribution in [0.2, 0.25) is 0 Å². The first kappa shape index (κ1) is 18.5. The number of halogens is 1. The van der Waals surface area contributed by atoms with Crippen molar-refractivity contribution < 1.29 is 40.5 Å². The first-order valence-electron chi connectivity index (χ1n) is 5.90. The van der Waals surface area contributed by atoms with Crippen LogP contribution in [0.1, 0.15) is 5.56 Å². The number of rotatable bonds is 3. The zero-order valence-corrected chi connectivity index (χ0v) is 14.4. The van der Waals surface area contributed by atoms with Gasteiger partial charge in [-0.15, -0.1) is 0 Å². The summed E-state index contributed by atoms with van der Waals surface area (Å²) in [7, 11) is -4.61. The number of nitrogens with two attached hydrogens (primary N) is 1. The lowest BCUT2D eigenvalue weighted by molar-refractivity contribution is -0.385. The minimum absolute atomic E-state index is 0.420. The summed E-state index contributed by atoms with van der Waals surface area (Å²) in [4.78, 5) is 8.82. The summed E-state index contributed by atoms with van der Waals surface area (Å²) in [6.07, 6.45) is 0. The Balaban J connectivity index is 0.000000235. The van der Waals surface area contributed by atoms with Gasteiger partial charge in [0, 0.05) is 18.7 Å². The van der Waals surface area contributed by atoms with Gasteiger partial charge in [0.25, 0.3) is 28.3 Å². The highest BCUT2D eigenvalue weighted by atomic mass is 127. The Morgan fingerprint density at radius 1 is 1.14 bits per heavy atom. The van der Waals surface area contributed by atoms with Crippen molar-refractivity contribution in [1.82, 2.24) is 0 Å². The number of hydrogen-bond acceptors (Lipinski definition) is 6. The standard InChI is InChI=1S/C7H9IN.C6H5NO5S/c8-7-3-1-6(5-9)2-4-7;8-7(9)5-2-1-3-6(4-5)13(10,11)12/h1-4,8H,5,9H2;1-4H,(H,10,11,12)/q+1;/p-1. The maximum absolute atomic E-state index is 10.4. The average molecular weight is 436 g/mol. The number of non-ortho nitro benzene ring substituents is 1. The lowest BCUT2D eigenvalue weighted by atomic mass is 10.2. The molecule has 0 saturated carbocycles. The molecule has 0 heterocycles. The number of nitro benzene ring substituents is 1. The van der Waals surface area contributed by atoms with Crippen LogP contribution in [0.15, 0.2) is 53.4 Å². The van der Waals surface area contributed by atoms with Gasteiger partial charge in [-0.05, 0) is 23.8 Å². The summed E-state index contributed by atoms with van der Waals surface area (Å²) in [5, 5.41) is 10.2. The van der Waals surface area contributed by atoms with Crippen molar-refractivity contribution in [1.29, 1.82) is 0 Å². The summed E-state index contributed by atoms with van der Waals surface area (Å²) in [6.45, 7) is 0.640. The van der Waals surface area contributed by atoms with Crippen LogP contribution >= 0.6 is 0 Å². The molecule has 0 fully saturated rings. The van der Waals surface area contributed by atoms with Crippen LogP contribution in [0, 0.1) is 13.7 Å². The maximum Gasteiger partial charge on any atom is 0.296 e. The molecular weight excluding hydrogens is 423 g/mol. The smallest absolute Gasteiger partial charge is 0.296 e. The lowest BCUT2D eigenvalue weighted by Gasteiger charge is -2.05. The largest absolute Gasteiger partial charge is 0.744 e. The van der Waals surface area contributed by atoms with Crippen LogP contribution in [0.25, 0.3) is 0 Å². The quantitative estimate of drug-likeness (QED) is 0.259. The van der Waals surface area contributed by atoms with Crippen molar-refractivity contribution in [2.75, 3.05) is 0 Å². The predicted molar refractivity (Wildman–Crippen MR) is 75.5 cm³/mol. The van der Waals surface area contributed by atoms with Crippen LogP contribution in [-0.4, -0.2) is 17.9 Å². The molecule has 2 aromatic rings. The SMILES string of the molecule is NCc1ccc([IH+])cc1.O=[N+]([O-])c1cccc(S(=O)(=O)[O-])c1. The van der Waals surface area contributed by atoms with Crippen LogP contribution < -0.4 is 28.3 Å². The highest BCUT2D eigenvalue weighted by Crippen LogP contribution is 2.16. The van der Waals surface area contributed by atoms with Gasteiger partial charge < -0.3 is 10.3 Å². The monoisotopic (exact) mass is 436 g/mol. The Morgan fingerprint density at radius 3 is 2.18 bits per heavy atom. The maximum atomic E-state index is 10.4. The Bertz CT molecular complexity index is 747. The minimum atomic E-state index is -4.61. The number of benzene rings is 2. The molecule has 0 bridgehead atoms. The molecule has 2 aromatic carbocycles. The summed E-state index contributed by atoms with van der Waals surface area (Å²) >= 11 is 2.00. The van der Waals surface area contributed by atoms with E-state index in [1.807, 2.05) is 22.6 Å². The zero-order valence-electron chi connectivity index (χ0n) is 11.2. The van der Waals surface area contributed by atoms with Crippen LogP contribution in [0.5, 0.6) is 0 Å². The molecule has 0 aliphatic heterocycles. The molecule has 118 valence electrons. The van der Waals surface area contributed by atoms with E-state index < -0.39 is 25.6 Å². The van der Waals surface area contributed by atoms with Crippen LogP contribution in [0.4, 0.5) is 5.69 Å². The molecule has 0 unspecified atom stereocenters. The molecule has 0 amide bonds. The molecule has 0 aromatic heterocycles. The normalized spacial score (nSPS) is 10.5. The van der Waals surface area contributed by atoms with Crippen molar-refractivity contribution >= 4 is 15.8 Å². The van der Waals surface area contributed by atoms with Crippen molar-refractivity contribution in [2.45, 2.75) is 11.4 Å². The lowest BCUT2D eigenvalue weighted by Crippen LogP contribution is -3.34. The van der Waals surface area contributed by atoms with E-state index in [2.05, 4.69) is 24.3 Å². The van der Waals surface area contributed by atoms with Gasteiger partial charge in [-0.1, -0.05) is 18.2 Å². The number of hydrogen-bond donors (Lipinski definition) is 1. The Labute approximate surface area is 141 Å². The summed E-state index contributed by atoms with van der Waals surface area (Å²) in [6, 6.07) is 12.2. The van der Waals surface area contributed by atoms with E-state index >= 15 is 0 Å². The van der Waals surface area contributed by atoms with Crippen molar-refractivity contribution in [3.05, 3.63) is 67.8 Å². The fourth-order valence-corrected chi connectivity index (χ4v) is 2.28. The molecule has 0 atom stereocenters. The van der Waals surface area contributed by atoms with E-state index in [4.69, 9.17) is 5.73 Å². The number of nitrogens with zero attached hydrogens (tertiary/aromatic N) is 1. The molecular formula is C13H13IN2O5S. The van der Waals surface area contributed by atoms with Gasteiger partial charge >= 0.3 is 0 Å². The van der Waals surface area contributed by atoms with Crippen molar-refractivity contribution in [2.24, 2.45) is 5.73 Å². The van der Waals surface area contributed by atoms with E-state index in [-0.39, 0.29) is 0 Å². The second kappa shape index (κ2) is 8.17. The third-order valence-electron chi connectivity index (χ3n) is 2.48. The van der Waals surface area contributed by atoms with Gasteiger partial charge in [0.2, 0.25) is 0 Å². The molecule has 22 heavy (non-hydrogen) atoms. The molecule has 2 N–H and O–H groups in total. The van der Waals surface area contributed by atoms with Gasteiger partial charge in [-0.2, -0.15) is 0 Å². The Kier molecular flexibility index (Phi) is 6.87. The molecule has 7 nitrogen and oxygen atoms in total. The van der Waals surface area contributed by atoms with E-state index in [0.717, 1.165) is 24.3 Å². The van der Waals surface area contributed by atoms with Crippen molar-refractivity contribution in [3.8, 4) is 0 Å². The molecule has 9 heteroatoms. The van der Waals surface area contributed by atoms with Gasteiger partial charge in [0.1, 0.15) is 10.1 Å². The van der Waals surface area contributed by atoms with Gasteiger partial charge in [0.05, 0.1) is 9.82 Å². The topological polar surface area (TPSA) is 126 Å². The molecule has 0 radical (unpaired) electrons. The van der Waals surface area contributed by atoms with Gasteiger partial charge in [0.15, 0.2) is 3.57 Å². The van der Waals surface area contributed by atoms with E-state index in [1.54, 1.807) is 0 Å². The fourth-order valence-electron chi connectivity index (χ4n) is 1.38. The van der Waals surface area contributed by atoms with E-state index in [1.165, 1.54) is 9.13 Å². The molecule has 2 rings (SSSR count). The summed E-state index contributed by atoms with van der Waals surface area (Å²) in [5.41, 5.74) is 6.18. The minimum Gasteiger partial charge on any atom is -0.744 e. The van der Waals surface area contributed by atoms with E-state index in [0.29, 0.717) is 6.54 Å². The Hall–Kier alpha value is -1.56. The molecule has 0 aliphatic carbocycles. The van der Waals surface area contributed by atoms with Crippen LogP contribution in [-0.2, 0) is 16.7 Å². The van der Waals surface area contributed by atoms with Gasteiger partial charge in [-0.3, -0.25) is 10.1 Å². The highest BCUT2D eigenvalue weighted by Gasteiger charge is 2.08. The van der Waals surface area contributed by atoms with Gasteiger partial charge in [-0.25, -0.2) is 8.42 Å². The summed E-state index contributed by atoms with van der Waals surface area (Å²) < 4.78 is 32.6. The zero-order chi connectivity index (χ0) is 16.8. The number of nitro groups is 1. The average Bonchev–Trinajstić information content (AvgIpc) is 2.48. The second-order valence-electron chi connectivity index (χ2n) is 4.06.